The zero-order valence-electron chi connectivity index (χ0n) is 23.5. The van der Waals surface area contributed by atoms with Gasteiger partial charge in [0.1, 0.15) is 0 Å². The zero-order valence-corrected chi connectivity index (χ0v) is 23.5. The topological polar surface area (TPSA) is 119 Å². The number of fused-ring (bicyclic) bond motifs is 1. The number of benzene rings is 1. The molecule has 5 atom stereocenters. The Morgan fingerprint density at radius 1 is 1.11 bits per heavy atom. The van der Waals surface area contributed by atoms with Gasteiger partial charge in [0, 0.05) is 55.8 Å². The van der Waals surface area contributed by atoms with E-state index in [0.29, 0.717) is 38.0 Å². The summed E-state index contributed by atoms with van der Waals surface area (Å²) in [4.78, 5) is 25.5. The van der Waals surface area contributed by atoms with E-state index in [1.54, 1.807) is 7.11 Å². The first-order valence-electron chi connectivity index (χ1n) is 13.7. The molecule has 0 saturated carbocycles. The van der Waals surface area contributed by atoms with Crippen molar-refractivity contribution in [1.29, 1.82) is 0 Å². The van der Waals surface area contributed by atoms with Gasteiger partial charge in [-0.15, -0.1) is 0 Å². The molecule has 0 aliphatic heterocycles. The Hall–Kier alpha value is -2.42. The molecule has 1 aromatic carbocycles. The molecular formula is C29H48N4O4. The molecule has 37 heavy (non-hydrogen) atoms. The minimum atomic E-state index is -0.787. The molecule has 2 amide bonds. The summed E-state index contributed by atoms with van der Waals surface area (Å²) < 4.78 is 7.48. The number of ether oxygens (including phenoxy) is 1. The number of carbonyl (C=O) groups excluding carboxylic acids is 2. The lowest BCUT2D eigenvalue weighted by atomic mass is 9.86. The third-order valence-corrected chi connectivity index (χ3v) is 7.30. The molecule has 0 aliphatic rings. The highest BCUT2D eigenvalue weighted by Gasteiger charge is 2.26. The Morgan fingerprint density at radius 2 is 1.81 bits per heavy atom. The van der Waals surface area contributed by atoms with Gasteiger partial charge in [-0.05, 0) is 44.1 Å². The Balaban J connectivity index is 1.99. The van der Waals surface area contributed by atoms with Gasteiger partial charge in [0.25, 0.3) is 5.91 Å². The standard InChI is InChI=1S/C29H48N4O4/c1-7-8-13-31-28(35)20(4)14-27(34)25(30)15-22(19(2)3)16-32-29(36)24-18-33(17-21(5)37-6)26-12-10-9-11-23(24)26/h9-12,18-22,25,27,34H,7-8,13-17,30H2,1-6H3,(H,31,35)(H,32,36). The van der Waals surface area contributed by atoms with Crippen molar-refractivity contribution in [2.24, 2.45) is 23.5 Å². The van der Waals surface area contributed by atoms with E-state index in [0.717, 1.165) is 23.7 Å². The number of methoxy groups -OCH3 is 1. The minimum absolute atomic E-state index is 0.0232. The number of nitrogens with zero attached hydrogens (tertiary/aromatic N) is 1. The summed E-state index contributed by atoms with van der Waals surface area (Å²) in [5.41, 5.74) is 8.00. The molecule has 2 rings (SSSR count). The fourth-order valence-corrected chi connectivity index (χ4v) is 4.55. The van der Waals surface area contributed by atoms with E-state index in [-0.39, 0.29) is 35.7 Å². The van der Waals surface area contributed by atoms with Crippen LogP contribution in [0.1, 0.15) is 70.7 Å². The smallest absolute Gasteiger partial charge is 0.253 e. The first-order chi connectivity index (χ1) is 17.6. The van der Waals surface area contributed by atoms with Crippen molar-refractivity contribution in [3.05, 3.63) is 36.0 Å². The lowest BCUT2D eigenvalue weighted by Gasteiger charge is -2.28. The predicted octanol–water partition coefficient (Wildman–Crippen LogP) is 3.70. The average Bonchev–Trinajstić information content (AvgIpc) is 3.24. The number of aliphatic hydroxyl groups is 1. The maximum atomic E-state index is 13.2. The Morgan fingerprint density at radius 3 is 2.46 bits per heavy atom. The molecule has 0 fully saturated rings. The van der Waals surface area contributed by atoms with Crippen LogP contribution in [0.4, 0.5) is 0 Å². The second-order valence-electron chi connectivity index (χ2n) is 10.7. The number of carbonyl (C=O) groups is 2. The molecule has 0 aliphatic carbocycles. The van der Waals surface area contributed by atoms with E-state index in [4.69, 9.17) is 10.5 Å². The lowest BCUT2D eigenvalue weighted by Crippen LogP contribution is -2.42. The fourth-order valence-electron chi connectivity index (χ4n) is 4.55. The highest BCUT2D eigenvalue weighted by molar-refractivity contribution is 6.07. The van der Waals surface area contributed by atoms with Crippen LogP contribution in [0.5, 0.6) is 0 Å². The number of para-hydroxylation sites is 1. The highest BCUT2D eigenvalue weighted by atomic mass is 16.5. The van der Waals surface area contributed by atoms with E-state index in [1.165, 1.54) is 0 Å². The zero-order chi connectivity index (χ0) is 27.5. The van der Waals surface area contributed by atoms with Gasteiger partial charge in [0.15, 0.2) is 0 Å². The van der Waals surface area contributed by atoms with Crippen molar-refractivity contribution < 1.29 is 19.4 Å². The Bertz CT molecular complexity index is 989. The number of unbranched alkanes of at least 4 members (excludes halogenated alkanes) is 1. The van der Waals surface area contributed by atoms with Crippen molar-refractivity contribution in [3.63, 3.8) is 0 Å². The highest BCUT2D eigenvalue weighted by Crippen LogP contribution is 2.23. The average molecular weight is 517 g/mol. The van der Waals surface area contributed by atoms with Gasteiger partial charge in [-0.1, -0.05) is 52.3 Å². The molecule has 1 heterocycles. The maximum Gasteiger partial charge on any atom is 0.253 e. The molecule has 0 bridgehead atoms. The second-order valence-corrected chi connectivity index (χ2v) is 10.7. The minimum Gasteiger partial charge on any atom is -0.391 e. The maximum absolute atomic E-state index is 13.2. The quantitative estimate of drug-likeness (QED) is 0.254. The normalized spacial score (nSPS) is 15.8. The van der Waals surface area contributed by atoms with Crippen LogP contribution in [0.15, 0.2) is 30.5 Å². The van der Waals surface area contributed by atoms with E-state index in [1.807, 2.05) is 44.3 Å². The van der Waals surface area contributed by atoms with Crippen LogP contribution in [0.3, 0.4) is 0 Å². The number of nitrogens with two attached hydrogens (primary N) is 1. The van der Waals surface area contributed by atoms with Gasteiger partial charge in [0.2, 0.25) is 5.91 Å². The fraction of sp³-hybridized carbons (Fsp3) is 0.655. The summed E-state index contributed by atoms with van der Waals surface area (Å²) >= 11 is 0. The molecule has 0 spiro atoms. The van der Waals surface area contributed by atoms with E-state index >= 15 is 0 Å². The first kappa shape index (κ1) is 30.8. The van der Waals surface area contributed by atoms with Gasteiger partial charge in [-0.2, -0.15) is 0 Å². The van der Waals surface area contributed by atoms with Gasteiger partial charge < -0.3 is 30.8 Å². The summed E-state index contributed by atoms with van der Waals surface area (Å²) in [6, 6.07) is 7.40. The first-order valence-corrected chi connectivity index (χ1v) is 13.7. The number of hydrogen-bond donors (Lipinski definition) is 4. The third kappa shape index (κ3) is 9.13. The molecule has 0 saturated heterocycles. The molecule has 0 radical (unpaired) electrons. The molecule has 5 N–H and O–H groups in total. The molecule has 1 aromatic heterocycles. The van der Waals surface area contributed by atoms with Gasteiger partial charge in [0.05, 0.1) is 17.8 Å². The van der Waals surface area contributed by atoms with Crippen LogP contribution in [-0.4, -0.2) is 59.9 Å². The molecule has 8 heteroatoms. The monoisotopic (exact) mass is 516 g/mol. The second kappa shape index (κ2) is 15.1. The van der Waals surface area contributed by atoms with E-state index in [9.17, 15) is 14.7 Å². The van der Waals surface area contributed by atoms with Gasteiger partial charge in [-0.3, -0.25) is 9.59 Å². The molecular weight excluding hydrogens is 468 g/mol. The summed E-state index contributed by atoms with van der Waals surface area (Å²) in [7, 11) is 1.68. The van der Waals surface area contributed by atoms with Crippen LogP contribution in [0, 0.1) is 17.8 Å². The Labute approximate surface area is 222 Å². The lowest BCUT2D eigenvalue weighted by molar-refractivity contribution is -0.125. The summed E-state index contributed by atoms with van der Waals surface area (Å²) in [6.45, 7) is 11.9. The molecule has 2 aromatic rings. The molecule has 8 nitrogen and oxygen atoms in total. The SMILES string of the molecule is CCCCNC(=O)C(C)CC(O)C(N)CC(CNC(=O)c1cn(CC(C)OC)c2ccccc12)C(C)C. The number of hydrogen-bond acceptors (Lipinski definition) is 5. The largest absolute Gasteiger partial charge is 0.391 e. The van der Waals surface area contributed by atoms with E-state index in [2.05, 4.69) is 36.0 Å². The summed E-state index contributed by atoms with van der Waals surface area (Å²) in [5, 5.41) is 17.6. The number of nitrogens with one attached hydrogen (secondary N) is 2. The van der Waals surface area contributed by atoms with Crippen LogP contribution in [0.2, 0.25) is 0 Å². The van der Waals surface area contributed by atoms with E-state index < -0.39 is 12.1 Å². The third-order valence-electron chi connectivity index (χ3n) is 7.30. The van der Waals surface area contributed by atoms with Crippen LogP contribution >= 0.6 is 0 Å². The predicted molar refractivity (Wildman–Crippen MR) is 149 cm³/mol. The number of rotatable bonds is 16. The molecule has 5 unspecified atom stereocenters. The van der Waals surface area contributed by atoms with Crippen molar-refractivity contribution in [2.75, 3.05) is 20.2 Å². The summed E-state index contributed by atoms with van der Waals surface area (Å²) in [5.74, 6) is -0.141. The van der Waals surface area contributed by atoms with Gasteiger partial charge in [-0.25, -0.2) is 0 Å². The van der Waals surface area contributed by atoms with Crippen LogP contribution in [0.25, 0.3) is 10.9 Å². The Kier molecular flexibility index (Phi) is 12.6. The summed E-state index contributed by atoms with van der Waals surface area (Å²) in [6.07, 6.45) is 3.95. The van der Waals surface area contributed by atoms with Crippen molar-refractivity contribution >= 4 is 22.7 Å². The number of aliphatic hydroxyl groups excluding tert-OH is 1. The molecule has 208 valence electrons. The van der Waals surface area contributed by atoms with Gasteiger partial charge >= 0.3 is 0 Å². The van der Waals surface area contributed by atoms with Crippen LogP contribution < -0.4 is 16.4 Å². The van der Waals surface area contributed by atoms with Crippen molar-refractivity contribution in [3.8, 4) is 0 Å². The number of amides is 2. The number of aromatic nitrogens is 1. The van der Waals surface area contributed by atoms with Crippen molar-refractivity contribution in [2.45, 2.75) is 85.1 Å². The van der Waals surface area contributed by atoms with Crippen LogP contribution in [-0.2, 0) is 16.1 Å². The van der Waals surface area contributed by atoms with Crippen molar-refractivity contribution in [1.82, 2.24) is 15.2 Å².